The van der Waals surface area contributed by atoms with Crippen LogP contribution in [0.5, 0.6) is 0 Å². The van der Waals surface area contributed by atoms with Gasteiger partial charge in [-0.3, -0.25) is 0 Å². The van der Waals surface area contributed by atoms with Crippen LogP contribution in [0.15, 0.2) is 22.7 Å². The fourth-order valence-electron chi connectivity index (χ4n) is 1.58. The number of benzene rings is 1. The normalized spacial score (nSPS) is 21.5. The first-order chi connectivity index (χ1) is 6.18. The van der Waals surface area contributed by atoms with Crippen molar-refractivity contribution in [3.05, 3.63) is 26.2 Å². The molecule has 0 saturated carbocycles. The van der Waals surface area contributed by atoms with Gasteiger partial charge in [0, 0.05) is 20.6 Å². The van der Waals surface area contributed by atoms with E-state index in [1.165, 1.54) is 26.7 Å². The van der Waals surface area contributed by atoms with Crippen LogP contribution in [0.4, 0.5) is 5.69 Å². The molecule has 1 nitrogen and oxygen atoms in total. The van der Waals surface area contributed by atoms with Crippen molar-refractivity contribution in [2.75, 3.05) is 11.4 Å². The zero-order valence-electron chi connectivity index (χ0n) is 7.43. The van der Waals surface area contributed by atoms with E-state index in [4.69, 9.17) is 0 Å². The lowest BCUT2D eigenvalue weighted by molar-refractivity contribution is 0.480. The van der Waals surface area contributed by atoms with E-state index in [2.05, 4.69) is 68.5 Å². The van der Waals surface area contributed by atoms with Crippen LogP contribution >= 0.6 is 38.5 Å². The highest BCUT2D eigenvalue weighted by Gasteiger charge is 2.25. The number of hydrogen-bond acceptors (Lipinski definition) is 1. The Morgan fingerprint density at radius 2 is 2.31 bits per heavy atom. The number of nitrogens with zero attached hydrogens (tertiary/aromatic N) is 1. The summed E-state index contributed by atoms with van der Waals surface area (Å²) >= 11 is 5.94. The van der Waals surface area contributed by atoms with E-state index in [-0.39, 0.29) is 0 Å². The highest BCUT2D eigenvalue weighted by atomic mass is 127. The van der Waals surface area contributed by atoms with Crippen molar-refractivity contribution in [2.45, 2.75) is 19.4 Å². The first kappa shape index (κ1) is 9.77. The molecule has 3 heteroatoms. The van der Waals surface area contributed by atoms with Crippen LogP contribution < -0.4 is 4.90 Å². The molecule has 0 bridgehead atoms. The average molecular weight is 352 g/mol. The van der Waals surface area contributed by atoms with Gasteiger partial charge in [0.1, 0.15) is 0 Å². The molecule has 2 rings (SSSR count). The predicted molar refractivity (Wildman–Crippen MR) is 68.3 cm³/mol. The average Bonchev–Trinajstić information content (AvgIpc) is 2.09. The van der Waals surface area contributed by atoms with Crippen LogP contribution in [0.1, 0.15) is 13.3 Å². The fraction of sp³-hybridized carbons (Fsp3) is 0.400. The Morgan fingerprint density at radius 1 is 1.54 bits per heavy atom. The topological polar surface area (TPSA) is 3.24 Å². The van der Waals surface area contributed by atoms with Gasteiger partial charge in [0.15, 0.2) is 0 Å². The van der Waals surface area contributed by atoms with E-state index in [9.17, 15) is 0 Å². The Hall–Kier alpha value is 0.230. The molecule has 1 aromatic carbocycles. The Balaban J connectivity index is 2.33. The van der Waals surface area contributed by atoms with Crippen LogP contribution in [0.25, 0.3) is 0 Å². The van der Waals surface area contributed by atoms with Crippen LogP contribution in [-0.2, 0) is 0 Å². The monoisotopic (exact) mass is 351 g/mol. The van der Waals surface area contributed by atoms with Crippen LogP contribution in [0.2, 0.25) is 0 Å². The molecule has 0 aromatic heterocycles. The number of halogens is 2. The Bertz CT molecular complexity index is 327. The van der Waals surface area contributed by atoms with Gasteiger partial charge in [0.2, 0.25) is 0 Å². The van der Waals surface area contributed by atoms with E-state index in [0.29, 0.717) is 6.04 Å². The molecule has 1 aromatic rings. The molecule has 0 N–H and O–H groups in total. The molecule has 0 spiro atoms. The molecule has 0 amide bonds. The standard InChI is InChI=1S/C10H11BrIN/c1-7-4-5-13(7)10-6-8(12)2-3-9(10)11/h2-3,6-7H,4-5H2,1H3. The Morgan fingerprint density at radius 3 is 2.85 bits per heavy atom. The van der Waals surface area contributed by atoms with Gasteiger partial charge >= 0.3 is 0 Å². The highest BCUT2D eigenvalue weighted by molar-refractivity contribution is 14.1. The summed E-state index contributed by atoms with van der Waals surface area (Å²) in [5.41, 5.74) is 1.34. The summed E-state index contributed by atoms with van der Waals surface area (Å²) < 4.78 is 2.51. The van der Waals surface area contributed by atoms with E-state index in [1.54, 1.807) is 0 Å². The number of anilines is 1. The lowest BCUT2D eigenvalue weighted by atomic mass is 10.0. The van der Waals surface area contributed by atoms with E-state index < -0.39 is 0 Å². The third-order valence-corrected chi connectivity index (χ3v) is 3.88. The second-order valence-corrected chi connectivity index (χ2v) is 5.53. The third kappa shape index (κ3) is 1.86. The molecule has 13 heavy (non-hydrogen) atoms. The quantitative estimate of drug-likeness (QED) is 0.698. The maximum absolute atomic E-state index is 3.59. The zero-order valence-corrected chi connectivity index (χ0v) is 11.2. The van der Waals surface area contributed by atoms with E-state index in [0.717, 1.165) is 0 Å². The van der Waals surface area contributed by atoms with Gasteiger partial charge < -0.3 is 4.90 Å². The van der Waals surface area contributed by atoms with Gasteiger partial charge in [-0.1, -0.05) is 0 Å². The molecular formula is C10H11BrIN. The molecule has 1 aliphatic rings. The van der Waals surface area contributed by atoms with Crippen LogP contribution in [-0.4, -0.2) is 12.6 Å². The second-order valence-electron chi connectivity index (χ2n) is 3.43. The molecule has 70 valence electrons. The SMILES string of the molecule is CC1CCN1c1cc(I)ccc1Br. The summed E-state index contributed by atoms with van der Waals surface area (Å²) in [5, 5.41) is 0. The van der Waals surface area contributed by atoms with Crippen molar-refractivity contribution < 1.29 is 0 Å². The van der Waals surface area contributed by atoms with Crippen molar-refractivity contribution in [1.29, 1.82) is 0 Å². The first-order valence-electron chi connectivity index (χ1n) is 4.40. The fourth-order valence-corrected chi connectivity index (χ4v) is 2.53. The van der Waals surface area contributed by atoms with Crippen molar-refractivity contribution in [1.82, 2.24) is 0 Å². The predicted octanol–water partition coefficient (Wildman–Crippen LogP) is 3.65. The van der Waals surface area contributed by atoms with Gasteiger partial charge in [-0.15, -0.1) is 0 Å². The minimum atomic E-state index is 0.703. The third-order valence-electron chi connectivity index (χ3n) is 2.54. The van der Waals surface area contributed by atoms with Gasteiger partial charge in [-0.05, 0) is 70.1 Å². The minimum Gasteiger partial charge on any atom is -0.368 e. The Labute approximate surface area is 101 Å². The van der Waals surface area contributed by atoms with Gasteiger partial charge in [0.25, 0.3) is 0 Å². The molecular weight excluding hydrogens is 341 g/mol. The summed E-state index contributed by atoms with van der Waals surface area (Å²) in [5.74, 6) is 0. The Kier molecular flexibility index (Phi) is 2.83. The molecule has 1 unspecified atom stereocenters. The van der Waals surface area contributed by atoms with Gasteiger partial charge in [-0.2, -0.15) is 0 Å². The summed E-state index contributed by atoms with van der Waals surface area (Å²) in [6.45, 7) is 3.47. The minimum absolute atomic E-state index is 0.703. The molecule has 1 saturated heterocycles. The number of rotatable bonds is 1. The van der Waals surface area contributed by atoms with E-state index in [1.807, 2.05) is 0 Å². The van der Waals surface area contributed by atoms with Crippen molar-refractivity contribution in [2.24, 2.45) is 0 Å². The van der Waals surface area contributed by atoms with Gasteiger partial charge in [0.05, 0.1) is 5.69 Å². The van der Waals surface area contributed by atoms with Crippen LogP contribution in [0.3, 0.4) is 0 Å². The van der Waals surface area contributed by atoms with Crippen molar-refractivity contribution in [3.63, 3.8) is 0 Å². The summed E-state index contributed by atoms with van der Waals surface area (Å²) in [6.07, 6.45) is 1.32. The highest BCUT2D eigenvalue weighted by Crippen LogP contribution is 2.33. The molecule has 1 atom stereocenters. The molecule has 1 aliphatic heterocycles. The largest absolute Gasteiger partial charge is 0.368 e. The van der Waals surface area contributed by atoms with Crippen LogP contribution in [0, 0.1) is 3.57 Å². The number of hydrogen-bond donors (Lipinski definition) is 0. The summed E-state index contributed by atoms with van der Waals surface area (Å²) in [6, 6.07) is 7.19. The maximum atomic E-state index is 3.59. The lowest BCUT2D eigenvalue weighted by Gasteiger charge is -2.41. The van der Waals surface area contributed by atoms with Crippen molar-refractivity contribution in [3.8, 4) is 0 Å². The van der Waals surface area contributed by atoms with Crippen molar-refractivity contribution >= 4 is 44.2 Å². The molecule has 1 fully saturated rings. The second kappa shape index (κ2) is 3.77. The lowest BCUT2D eigenvalue weighted by Crippen LogP contribution is -2.45. The summed E-state index contributed by atoms with van der Waals surface area (Å²) in [4.78, 5) is 2.44. The molecule has 0 aliphatic carbocycles. The maximum Gasteiger partial charge on any atom is 0.0523 e. The zero-order chi connectivity index (χ0) is 9.42. The molecule has 0 radical (unpaired) electrons. The first-order valence-corrected chi connectivity index (χ1v) is 6.27. The smallest absolute Gasteiger partial charge is 0.0523 e. The van der Waals surface area contributed by atoms with E-state index >= 15 is 0 Å². The molecule has 1 heterocycles. The summed E-state index contributed by atoms with van der Waals surface area (Å²) in [7, 11) is 0. The van der Waals surface area contributed by atoms with Gasteiger partial charge in [-0.25, -0.2) is 0 Å².